The van der Waals surface area contributed by atoms with Gasteiger partial charge in [-0.1, -0.05) is 20.3 Å². The molecule has 0 spiro atoms. The van der Waals surface area contributed by atoms with Gasteiger partial charge >= 0.3 is 0 Å². The van der Waals surface area contributed by atoms with Crippen molar-refractivity contribution >= 4 is 17.2 Å². The second kappa shape index (κ2) is 6.49. The molecule has 0 aromatic carbocycles. The molecule has 1 aromatic rings. The summed E-state index contributed by atoms with van der Waals surface area (Å²) in [6, 6.07) is 3.03. The third-order valence-electron chi connectivity index (χ3n) is 4.85. The Hall–Kier alpha value is -0.870. The second-order valence-corrected chi connectivity index (χ2v) is 7.39. The summed E-state index contributed by atoms with van der Waals surface area (Å²) in [7, 11) is 0. The van der Waals surface area contributed by atoms with Crippen LogP contribution < -0.4 is 5.32 Å². The summed E-state index contributed by atoms with van der Waals surface area (Å²) in [6.07, 6.45) is 6.75. The standard InChI is InChI=1S/C17H26N2OS/c1-3-5-15-12(4-2)10-16(21-15)17(20)19-13-6-7-14(19)11-18-9-8-13/h10,13-14,18H,3-9,11H2,1-2H3. The molecule has 2 atom stereocenters. The molecule has 1 N–H and O–H groups in total. The van der Waals surface area contributed by atoms with E-state index >= 15 is 0 Å². The molecule has 2 unspecified atom stereocenters. The zero-order valence-corrected chi connectivity index (χ0v) is 14.0. The lowest BCUT2D eigenvalue weighted by atomic mass is 10.1. The third-order valence-corrected chi connectivity index (χ3v) is 6.08. The van der Waals surface area contributed by atoms with Gasteiger partial charge in [-0.05, 0) is 50.3 Å². The molecule has 2 aliphatic rings. The molecule has 0 radical (unpaired) electrons. The number of hydrogen-bond donors (Lipinski definition) is 1. The Kier molecular flexibility index (Phi) is 4.65. The normalized spacial score (nSPS) is 25.1. The summed E-state index contributed by atoms with van der Waals surface area (Å²) in [5, 5.41) is 3.47. The quantitative estimate of drug-likeness (QED) is 0.926. The van der Waals surface area contributed by atoms with Crippen molar-refractivity contribution < 1.29 is 4.79 Å². The minimum Gasteiger partial charge on any atom is -0.331 e. The molecule has 1 aromatic heterocycles. The van der Waals surface area contributed by atoms with Gasteiger partial charge in [0.1, 0.15) is 0 Å². The summed E-state index contributed by atoms with van der Waals surface area (Å²) >= 11 is 1.74. The van der Waals surface area contributed by atoms with Gasteiger partial charge in [-0.25, -0.2) is 0 Å². The van der Waals surface area contributed by atoms with Crippen molar-refractivity contribution in [1.29, 1.82) is 0 Å². The van der Waals surface area contributed by atoms with Gasteiger partial charge in [0, 0.05) is 23.5 Å². The Balaban J connectivity index is 1.84. The Morgan fingerprint density at radius 2 is 2.14 bits per heavy atom. The fourth-order valence-corrected chi connectivity index (χ4v) is 5.05. The molecule has 0 aliphatic carbocycles. The van der Waals surface area contributed by atoms with E-state index in [9.17, 15) is 4.79 Å². The highest BCUT2D eigenvalue weighted by atomic mass is 32.1. The molecular formula is C17H26N2OS. The van der Waals surface area contributed by atoms with Gasteiger partial charge in [0.2, 0.25) is 0 Å². The van der Waals surface area contributed by atoms with Crippen LogP contribution in [0.5, 0.6) is 0 Å². The summed E-state index contributed by atoms with van der Waals surface area (Å²) in [4.78, 5) is 17.6. The summed E-state index contributed by atoms with van der Waals surface area (Å²) in [6.45, 7) is 6.42. The van der Waals surface area contributed by atoms with E-state index in [0.29, 0.717) is 12.1 Å². The first-order valence-corrected chi connectivity index (χ1v) is 9.21. The predicted molar refractivity (Wildman–Crippen MR) is 88.2 cm³/mol. The maximum absolute atomic E-state index is 13.0. The van der Waals surface area contributed by atoms with Crippen molar-refractivity contribution in [2.24, 2.45) is 0 Å². The van der Waals surface area contributed by atoms with Crippen LogP contribution >= 0.6 is 11.3 Å². The zero-order valence-electron chi connectivity index (χ0n) is 13.2. The zero-order chi connectivity index (χ0) is 14.8. The van der Waals surface area contributed by atoms with E-state index < -0.39 is 0 Å². The minimum atomic E-state index is 0.285. The smallest absolute Gasteiger partial charge is 0.264 e. The van der Waals surface area contributed by atoms with Crippen LogP contribution in [0, 0.1) is 0 Å². The number of amides is 1. The highest BCUT2D eigenvalue weighted by Crippen LogP contribution is 2.32. The van der Waals surface area contributed by atoms with E-state index in [0.717, 1.165) is 50.1 Å². The van der Waals surface area contributed by atoms with Gasteiger partial charge in [-0.3, -0.25) is 4.79 Å². The van der Waals surface area contributed by atoms with Gasteiger partial charge in [-0.2, -0.15) is 0 Å². The SMILES string of the molecule is CCCc1sc(C(=O)N2C3CCNCC2CC3)cc1CC. The lowest BCUT2D eigenvalue weighted by Crippen LogP contribution is -2.42. The van der Waals surface area contributed by atoms with Crippen LogP contribution in [0.3, 0.4) is 0 Å². The number of thiophene rings is 1. The average molecular weight is 306 g/mol. The summed E-state index contributed by atoms with van der Waals surface area (Å²) < 4.78 is 0. The third kappa shape index (κ3) is 2.88. The summed E-state index contributed by atoms with van der Waals surface area (Å²) in [5.41, 5.74) is 1.38. The van der Waals surface area contributed by atoms with E-state index in [-0.39, 0.29) is 5.91 Å². The van der Waals surface area contributed by atoms with Crippen molar-refractivity contribution in [3.63, 3.8) is 0 Å². The average Bonchev–Trinajstić information content (AvgIpc) is 2.98. The lowest BCUT2D eigenvalue weighted by Gasteiger charge is -2.27. The van der Waals surface area contributed by atoms with Crippen LogP contribution in [0.25, 0.3) is 0 Å². The molecule has 2 bridgehead atoms. The van der Waals surface area contributed by atoms with Gasteiger partial charge in [-0.15, -0.1) is 11.3 Å². The molecule has 2 aliphatic heterocycles. The topological polar surface area (TPSA) is 32.3 Å². The fraction of sp³-hybridized carbons (Fsp3) is 0.706. The first kappa shape index (κ1) is 15.0. The number of nitrogens with zero attached hydrogens (tertiary/aromatic N) is 1. The van der Waals surface area contributed by atoms with Gasteiger partial charge < -0.3 is 10.2 Å². The van der Waals surface area contributed by atoms with Crippen LogP contribution in [-0.2, 0) is 12.8 Å². The molecule has 2 fully saturated rings. The highest BCUT2D eigenvalue weighted by molar-refractivity contribution is 7.14. The number of rotatable bonds is 4. The molecule has 1 amide bonds. The van der Waals surface area contributed by atoms with Gasteiger partial charge in [0.05, 0.1) is 4.88 Å². The van der Waals surface area contributed by atoms with E-state index in [1.807, 2.05) is 0 Å². The van der Waals surface area contributed by atoms with Crippen LogP contribution in [0.1, 0.15) is 59.6 Å². The molecule has 4 heteroatoms. The largest absolute Gasteiger partial charge is 0.331 e. The number of nitrogens with one attached hydrogen (secondary N) is 1. The number of aryl methyl sites for hydroxylation is 2. The Morgan fingerprint density at radius 3 is 2.90 bits per heavy atom. The molecular weight excluding hydrogens is 280 g/mol. The fourth-order valence-electron chi connectivity index (χ4n) is 3.75. The first-order valence-electron chi connectivity index (χ1n) is 8.39. The van der Waals surface area contributed by atoms with Crippen molar-refractivity contribution in [3.05, 3.63) is 21.4 Å². The van der Waals surface area contributed by atoms with Crippen LogP contribution in [0.4, 0.5) is 0 Å². The Morgan fingerprint density at radius 1 is 1.33 bits per heavy atom. The predicted octanol–water partition coefficient (Wildman–Crippen LogP) is 3.23. The Bertz CT molecular complexity index is 497. The van der Waals surface area contributed by atoms with Crippen LogP contribution in [-0.4, -0.2) is 36.0 Å². The minimum absolute atomic E-state index is 0.285. The van der Waals surface area contributed by atoms with E-state index in [4.69, 9.17) is 0 Å². The van der Waals surface area contributed by atoms with Crippen molar-refractivity contribution in [1.82, 2.24) is 10.2 Å². The maximum atomic E-state index is 13.0. The number of fused-ring (bicyclic) bond motifs is 2. The van der Waals surface area contributed by atoms with Gasteiger partial charge in [0.15, 0.2) is 0 Å². The van der Waals surface area contributed by atoms with Crippen molar-refractivity contribution in [3.8, 4) is 0 Å². The molecule has 3 heterocycles. The van der Waals surface area contributed by atoms with Crippen LogP contribution in [0.2, 0.25) is 0 Å². The van der Waals surface area contributed by atoms with Gasteiger partial charge in [0.25, 0.3) is 5.91 Å². The Labute approximate surface area is 131 Å². The number of hydrogen-bond acceptors (Lipinski definition) is 3. The van der Waals surface area contributed by atoms with E-state index in [1.54, 1.807) is 11.3 Å². The molecule has 116 valence electrons. The van der Waals surface area contributed by atoms with Crippen molar-refractivity contribution in [2.75, 3.05) is 13.1 Å². The lowest BCUT2D eigenvalue weighted by molar-refractivity contribution is 0.0685. The molecule has 0 saturated carbocycles. The van der Waals surface area contributed by atoms with Crippen LogP contribution in [0.15, 0.2) is 6.07 Å². The molecule has 2 saturated heterocycles. The van der Waals surface area contributed by atoms with E-state index in [2.05, 4.69) is 30.1 Å². The first-order chi connectivity index (χ1) is 10.2. The highest BCUT2D eigenvalue weighted by Gasteiger charge is 2.38. The number of carbonyl (C=O) groups is 1. The molecule has 21 heavy (non-hydrogen) atoms. The molecule has 3 rings (SSSR count). The second-order valence-electron chi connectivity index (χ2n) is 6.25. The van der Waals surface area contributed by atoms with Crippen molar-refractivity contribution in [2.45, 2.75) is 64.5 Å². The summed E-state index contributed by atoms with van der Waals surface area (Å²) in [5.74, 6) is 0.285. The number of carbonyl (C=O) groups excluding carboxylic acids is 1. The van der Waals surface area contributed by atoms with E-state index in [1.165, 1.54) is 16.9 Å². The monoisotopic (exact) mass is 306 g/mol. The molecule has 3 nitrogen and oxygen atoms in total. The maximum Gasteiger partial charge on any atom is 0.264 e.